The summed E-state index contributed by atoms with van der Waals surface area (Å²) in [5.41, 5.74) is 2.40. The SMILES string of the molecule is CCCC(NCC)c1ccn(Cc2ccc(F)c(Br)c2)c1. The third-order valence-corrected chi connectivity index (χ3v) is 4.16. The predicted octanol–water partition coefficient (Wildman–Crippen LogP) is 4.89. The van der Waals surface area contributed by atoms with E-state index in [0.29, 0.717) is 10.5 Å². The lowest BCUT2D eigenvalue weighted by molar-refractivity contribution is 0.508. The molecular formula is C17H22BrFN2. The molecule has 1 aromatic carbocycles. The maximum Gasteiger partial charge on any atom is 0.137 e. The minimum atomic E-state index is -0.220. The molecule has 1 unspecified atom stereocenters. The highest BCUT2D eigenvalue weighted by molar-refractivity contribution is 9.10. The van der Waals surface area contributed by atoms with Gasteiger partial charge >= 0.3 is 0 Å². The van der Waals surface area contributed by atoms with Gasteiger partial charge in [0.25, 0.3) is 0 Å². The molecular weight excluding hydrogens is 331 g/mol. The lowest BCUT2D eigenvalue weighted by Crippen LogP contribution is -2.20. The Kier molecular flexibility index (Phi) is 6.00. The number of hydrogen-bond donors (Lipinski definition) is 1. The van der Waals surface area contributed by atoms with Crippen LogP contribution in [-0.2, 0) is 6.54 Å². The molecule has 0 aliphatic rings. The molecule has 0 aliphatic carbocycles. The summed E-state index contributed by atoms with van der Waals surface area (Å²) in [6, 6.07) is 7.75. The Morgan fingerprint density at radius 2 is 2.10 bits per heavy atom. The van der Waals surface area contributed by atoms with Gasteiger partial charge in [0.2, 0.25) is 0 Å². The van der Waals surface area contributed by atoms with E-state index in [9.17, 15) is 4.39 Å². The summed E-state index contributed by atoms with van der Waals surface area (Å²) in [4.78, 5) is 0. The molecule has 0 saturated carbocycles. The summed E-state index contributed by atoms with van der Waals surface area (Å²) in [6.07, 6.45) is 6.57. The van der Waals surface area contributed by atoms with Crippen LogP contribution >= 0.6 is 15.9 Å². The highest BCUT2D eigenvalue weighted by Crippen LogP contribution is 2.21. The van der Waals surface area contributed by atoms with Crippen molar-refractivity contribution in [3.63, 3.8) is 0 Å². The number of aromatic nitrogens is 1. The van der Waals surface area contributed by atoms with E-state index in [1.807, 2.05) is 12.1 Å². The molecule has 0 amide bonds. The van der Waals surface area contributed by atoms with Gasteiger partial charge in [-0.2, -0.15) is 0 Å². The molecule has 1 N–H and O–H groups in total. The minimum Gasteiger partial charge on any atom is -0.350 e. The Balaban J connectivity index is 2.09. The van der Waals surface area contributed by atoms with Gasteiger partial charge in [-0.1, -0.05) is 26.3 Å². The molecule has 2 rings (SSSR count). The molecule has 0 saturated heterocycles. The van der Waals surface area contributed by atoms with Crippen molar-refractivity contribution in [2.24, 2.45) is 0 Å². The largest absolute Gasteiger partial charge is 0.350 e. The maximum absolute atomic E-state index is 13.3. The third kappa shape index (κ3) is 4.42. The Morgan fingerprint density at radius 1 is 1.29 bits per heavy atom. The summed E-state index contributed by atoms with van der Waals surface area (Å²) >= 11 is 3.23. The molecule has 0 spiro atoms. The smallest absolute Gasteiger partial charge is 0.137 e. The number of benzene rings is 1. The first kappa shape index (κ1) is 16.2. The van der Waals surface area contributed by atoms with Crippen LogP contribution in [0.15, 0.2) is 41.1 Å². The first-order valence-electron chi connectivity index (χ1n) is 7.47. The molecule has 1 aromatic heterocycles. The first-order valence-corrected chi connectivity index (χ1v) is 8.26. The van der Waals surface area contributed by atoms with Crippen LogP contribution in [0.2, 0.25) is 0 Å². The van der Waals surface area contributed by atoms with Crippen molar-refractivity contribution in [3.8, 4) is 0 Å². The van der Waals surface area contributed by atoms with Crippen LogP contribution in [0.1, 0.15) is 43.9 Å². The fraction of sp³-hybridized carbons (Fsp3) is 0.412. The standard InChI is InChI=1S/C17H22BrFN2/c1-3-5-17(20-4-2)14-8-9-21(12-14)11-13-6-7-16(19)15(18)10-13/h6-10,12,17,20H,3-5,11H2,1-2H3. The second kappa shape index (κ2) is 7.76. The van der Waals surface area contributed by atoms with Gasteiger partial charge in [0.15, 0.2) is 0 Å². The zero-order valence-corrected chi connectivity index (χ0v) is 14.2. The molecule has 0 radical (unpaired) electrons. The van der Waals surface area contributed by atoms with Crippen LogP contribution in [0.5, 0.6) is 0 Å². The lowest BCUT2D eigenvalue weighted by Gasteiger charge is -2.15. The summed E-state index contributed by atoms with van der Waals surface area (Å²) in [6.45, 7) is 6.07. The fourth-order valence-electron chi connectivity index (χ4n) is 2.53. The Morgan fingerprint density at radius 3 is 2.76 bits per heavy atom. The molecule has 0 fully saturated rings. The van der Waals surface area contributed by atoms with Gasteiger partial charge in [-0.3, -0.25) is 0 Å². The number of hydrogen-bond acceptors (Lipinski definition) is 1. The van der Waals surface area contributed by atoms with E-state index in [0.717, 1.165) is 31.5 Å². The summed E-state index contributed by atoms with van der Waals surface area (Å²) in [5, 5.41) is 3.52. The van der Waals surface area contributed by atoms with Gasteiger partial charge in [-0.15, -0.1) is 0 Å². The van der Waals surface area contributed by atoms with Crippen LogP contribution in [0.4, 0.5) is 4.39 Å². The normalized spacial score (nSPS) is 12.6. The topological polar surface area (TPSA) is 17.0 Å². The van der Waals surface area contributed by atoms with Gasteiger partial charge in [0, 0.05) is 25.0 Å². The molecule has 0 aliphatic heterocycles. The maximum atomic E-state index is 13.3. The Labute approximate surface area is 134 Å². The van der Waals surface area contributed by atoms with Crippen LogP contribution in [0.3, 0.4) is 0 Å². The average Bonchev–Trinajstić information content (AvgIpc) is 2.91. The Bertz CT molecular complexity index is 574. The highest BCUT2D eigenvalue weighted by Gasteiger charge is 2.10. The summed E-state index contributed by atoms with van der Waals surface area (Å²) in [7, 11) is 0. The van der Waals surface area contributed by atoms with Crippen molar-refractivity contribution in [2.45, 2.75) is 39.3 Å². The van der Waals surface area contributed by atoms with Crippen LogP contribution < -0.4 is 5.32 Å². The Hall–Kier alpha value is -1.13. The molecule has 2 nitrogen and oxygen atoms in total. The van der Waals surface area contributed by atoms with Crippen molar-refractivity contribution in [1.82, 2.24) is 9.88 Å². The van der Waals surface area contributed by atoms with E-state index >= 15 is 0 Å². The van der Waals surface area contributed by atoms with Crippen molar-refractivity contribution < 1.29 is 4.39 Å². The number of nitrogens with one attached hydrogen (secondary N) is 1. The van der Waals surface area contributed by atoms with E-state index in [4.69, 9.17) is 0 Å². The van der Waals surface area contributed by atoms with E-state index < -0.39 is 0 Å². The average molecular weight is 353 g/mol. The summed E-state index contributed by atoms with van der Waals surface area (Å²) in [5.74, 6) is -0.220. The van der Waals surface area contributed by atoms with Gasteiger partial charge in [-0.25, -0.2) is 4.39 Å². The predicted molar refractivity (Wildman–Crippen MR) is 89.0 cm³/mol. The molecule has 1 atom stereocenters. The molecule has 0 bridgehead atoms. The van der Waals surface area contributed by atoms with Crippen molar-refractivity contribution >= 4 is 15.9 Å². The van der Waals surface area contributed by atoms with E-state index in [1.54, 1.807) is 0 Å². The monoisotopic (exact) mass is 352 g/mol. The van der Waals surface area contributed by atoms with E-state index in [2.05, 4.69) is 58.1 Å². The first-order chi connectivity index (χ1) is 10.1. The van der Waals surface area contributed by atoms with E-state index in [-0.39, 0.29) is 5.82 Å². The van der Waals surface area contributed by atoms with Crippen LogP contribution in [0.25, 0.3) is 0 Å². The second-order valence-electron chi connectivity index (χ2n) is 5.26. The molecule has 4 heteroatoms. The molecule has 114 valence electrons. The summed E-state index contributed by atoms with van der Waals surface area (Å²) < 4.78 is 15.9. The third-order valence-electron chi connectivity index (χ3n) is 3.55. The number of halogens is 2. The van der Waals surface area contributed by atoms with Crippen LogP contribution in [-0.4, -0.2) is 11.1 Å². The molecule has 1 heterocycles. The number of rotatable bonds is 7. The van der Waals surface area contributed by atoms with Crippen molar-refractivity contribution in [3.05, 3.63) is 58.1 Å². The minimum absolute atomic E-state index is 0.220. The molecule has 2 aromatic rings. The second-order valence-corrected chi connectivity index (χ2v) is 6.12. The number of nitrogens with zero attached hydrogens (tertiary/aromatic N) is 1. The van der Waals surface area contributed by atoms with Gasteiger partial charge in [-0.05, 0) is 58.2 Å². The van der Waals surface area contributed by atoms with Gasteiger partial charge in [0.1, 0.15) is 5.82 Å². The zero-order valence-electron chi connectivity index (χ0n) is 12.6. The van der Waals surface area contributed by atoms with E-state index in [1.165, 1.54) is 11.6 Å². The van der Waals surface area contributed by atoms with Gasteiger partial charge < -0.3 is 9.88 Å². The van der Waals surface area contributed by atoms with Crippen LogP contribution in [0, 0.1) is 5.82 Å². The zero-order chi connectivity index (χ0) is 15.2. The lowest BCUT2D eigenvalue weighted by atomic mass is 10.1. The highest BCUT2D eigenvalue weighted by atomic mass is 79.9. The van der Waals surface area contributed by atoms with Crippen molar-refractivity contribution in [1.29, 1.82) is 0 Å². The van der Waals surface area contributed by atoms with Crippen molar-refractivity contribution in [2.75, 3.05) is 6.54 Å². The quantitative estimate of drug-likeness (QED) is 0.750. The fourth-order valence-corrected chi connectivity index (χ4v) is 2.96. The molecule has 21 heavy (non-hydrogen) atoms. The van der Waals surface area contributed by atoms with Gasteiger partial charge in [0.05, 0.1) is 4.47 Å².